The van der Waals surface area contributed by atoms with Gasteiger partial charge in [-0.25, -0.2) is 8.42 Å². The van der Waals surface area contributed by atoms with Crippen molar-refractivity contribution in [2.24, 2.45) is 0 Å². The standard InChI is InChI=1S/C12H14N2O4S/c15-5-1-2-10-6-12(8-13-7-10)19(17,18)14-4-3-11(16)9-14/h6-8,11,15-16H,3-5,9H2. The van der Waals surface area contributed by atoms with Gasteiger partial charge in [0.15, 0.2) is 0 Å². The molecule has 1 fully saturated rings. The summed E-state index contributed by atoms with van der Waals surface area (Å²) in [6.07, 6.45) is 2.52. The predicted octanol–water partition coefficient (Wildman–Crippen LogP) is -0.819. The van der Waals surface area contributed by atoms with Gasteiger partial charge in [-0.3, -0.25) is 4.98 Å². The molecular weight excluding hydrogens is 268 g/mol. The first-order chi connectivity index (χ1) is 9.04. The summed E-state index contributed by atoms with van der Waals surface area (Å²) in [6, 6.07) is 1.41. The molecule has 1 aromatic heterocycles. The van der Waals surface area contributed by atoms with Crippen LogP contribution in [0.5, 0.6) is 0 Å². The third-order valence-corrected chi connectivity index (χ3v) is 4.62. The Morgan fingerprint density at radius 1 is 1.47 bits per heavy atom. The van der Waals surface area contributed by atoms with E-state index in [1.54, 1.807) is 0 Å². The van der Waals surface area contributed by atoms with Crippen molar-refractivity contribution in [1.29, 1.82) is 0 Å². The first-order valence-corrected chi connectivity index (χ1v) is 7.21. The van der Waals surface area contributed by atoms with E-state index in [0.29, 0.717) is 18.5 Å². The fraction of sp³-hybridized carbons (Fsp3) is 0.417. The number of pyridine rings is 1. The molecule has 1 aliphatic rings. The van der Waals surface area contributed by atoms with E-state index in [0.717, 1.165) is 0 Å². The molecule has 2 N–H and O–H groups in total. The second-order valence-corrected chi connectivity index (χ2v) is 6.11. The van der Waals surface area contributed by atoms with Crippen molar-refractivity contribution in [3.8, 4) is 11.8 Å². The molecule has 0 aromatic carbocycles. The lowest BCUT2D eigenvalue weighted by Crippen LogP contribution is -2.29. The maximum atomic E-state index is 12.3. The first kappa shape index (κ1) is 14.0. The highest BCUT2D eigenvalue weighted by Crippen LogP contribution is 2.20. The van der Waals surface area contributed by atoms with Crippen LogP contribution >= 0.6 is 0 Å². The van der Waals surface area contributed by atoms with Crippen LogP contribution in [0.2, 0.25) is 0 Å². The van der Waals surface area contributed by atoms with Crippen LogP contribution in [-0.4, -0.2) is 53.7 Å². The lowest BCUT2D eigenvalue weighted by Gasteiger charge is -2.15. The molecule has 19 heavy (non-hydrogen) atoms. The van der Waals surface area contributed by atoms with E-state index in [2.05, 4.69) is 16.8 Å². The van der Waals surface area contributed by atoms with Crippen LogP contribution in [0, 0.1) is 11.8 Å². The molecule has 2 heterocycles. The van der Waals surface area contributed by atoms with E-state index in [-0.39, 0.29) is 18.0 Å². The molecule has 7 heteroatoms. The summed E-state index contributed by atoms with van der Waals surface area (Å²) in [5, 5.41) is 18.0. The van der Waals surface area contributed by atoms with Gasteiger partial charge in [0, 0.05) is 31.0 Å². The summed E-state index contributed by atoms with van der Waals surface area (Å²) in [6.45, 7) is 0.111. The number of hydrogen-bond acceptors (Lipinski definition) is 5. The Bertz CT molecular complexity index is 618. The van der Waals surface area contributed by atoms with Crippen LogP contribution in [0.15, 0.2) is 23.4 Å². The van der Waals surface area contributed by atoms with Crippen molar-refractivity contribution in [2.75, 3.05) is 19.7 Å². The molecule has 0 saturated carbocycles. The highest BCUT2D eigenvalue weighted by atomic mass is 32.2. The number of aliphatic hydroxyl groups excluding tert-OH is 2. The Hall–Kier alpha value is -1.46. The Morgan fingerprint density at radius 3 is 2.89 bits per heavy atom. The molecule has 0 bridgehead atoms. The number of rotatable bonds is 2. The quantitative estimate of drug-likeness (QED) is 0.692. The number of nitrogens with zero attached hydrogens (tertiary/aromatic N) is 2. The molecule has 0 spiro atoms. The van der Waals surface area contributed by atoms with Crippen LogP contribution < -0.4 is 0 Å². The smallest absolute Gasteiger partial charge is 0.244 e. The molecule has 0 aliphatic carbocycles. The van der Waals surface area contributed by atoms with Gasteiger partial charge in [0.1, 0.15) is 11.5 Å². The molecule has 2 rings (SSSR count). The molecule has 1 atom stereocenters. The fourth-order valence-corrected chi connectivity index (χ4v) is 3.33. The largest absolute Gasteiger partial charge is 0.392 e. The third kappa shape index (κ3) is 3.11. The van der Waals surface area contributed by atoms with E-state index < -0.39 is 16.1 Å². The lowest BCUT2D eigenvalue weighted by molar-refractivity contribution is 0.189. The van der Waals surface area contributed by atoms with Crippen molar-refractivity contribution in [3.63, 3.8) is 0 Å². The number of aliphatic hydroxyl groups is 2. The summed E-state index contributed by atoms with van der Waals surface area (Å²) < 4.78 is 25.8. The van der Waals surface area contributed by atoms with Crippen molar-refractivity contribution in [2.45, 2.75) is 17.4 Å². The van der Waals surface area contributed by atoms with Crippen molar-refractivity contribution in [1.82, 2.24) is 9.29 Å². The molecule has 6 nitrogen and oxygen atoms in total. The van der Waals surface area contributed by atoms with Gasteiger partial charge < -0.3 is 10.2 Å². The van der Waals surface area contributed by atoms with Gasteiger partial charge in [0.05, 0.1) is 6.10 Å². The number of β-amino-alcohol motifs (C(OH)–C–C–N with tert-alkyl or cyclic N) is 1. The summed E-state index contributed by atoms with van der Waals surface area (Å²) in [5.74, 6) is 5.05. The zero-order valence-electron chi connectivity index (χ0n) is 10.2. The van der Waals surface area contributed by atoms with Gasteiger partial charge in [-0.1, -0.05) is 11.8 Å². The molecule has 102 valence electrons. The van der Waals surface area contributed by atoms with Crippen LogP contribution in [0.4, 0.5) is 0 Å². The van der Waals surface area contributed by atoms with Crippen molar-refractivity contribution in [3.05, 3.63) is 24.0 Å². The zero-order valence-corrected chi connectivity index (χ0v) is 11.0. The van der Waals surface area contributed by atoms with Crippen molar-refractivity contribution >= 4 is 10.0 Å². The first-order valence-electron chi connectivity index (χ1n) is 5.77. The maximum absolute atomic E-state index is 12.3. The minimum absolute atomic E-state index is 0.0475. The highest BCUT2D eigenvalue weighted by molar-refractivity contribution is 7.89. The summed E-state index contributed by atoms with van der Waals surface area (Å²) >= 11 is 0. The van der Waals surface area contributed by atoms with Crippen LogP contribution in [0.1, 0.15) is 12.0 Å². The Morgan fingerprint density at radius 2 is 2.26 bits per heavy atom. The average molecular weight is 282 g/mol. The van der Waals surface area contributed by atoms with E-state index in [4.69, 9.17) is 5.11 Å². The van der Waals surface area contributed by atoms with E-state index in [9.17, 15) is 13.5 Å². The predicted molar refractivity (Wildman–Crippen MR) is 67.6 cm³/mol. The minimum atomic E-state index is -3.64. The van der Waals surface area contributed by atoms with Gasteiger partial charge in [-0.2, -0.15) is 4.31 Å². The molecule has 0 radical (unpaired) electrons. The molecular formula is C12H14N2O4S. The van der Waals surface area contributed by atoms with Gasteiger partial charge >= 0.3 is 0 Å². The lowest BCUT2D eigenvalue weighted by atomic mass is 10.3. The molecule has 1 aliphatic heterocycles. The molecule has 1 saturated heterocycles. The molecule has 0 amide bonds. The fourth-order valence-electron chi connectivity index (χ4n) is 1.85. The SMILES string of the molecule is O=S(=O)(c1cncc(C#CCO)c1)N1CCC(O)C1. The summed E-state index contributed by atoms with van der Waals surface area (Å²) in [5.41, 5.74) is 0.426. The van der Waals surface area contributed by atoms with Gasteiger partial charge in [0.25, 0.3) is 0 Å². The Kier molecular flexibility index (Phi) is 4.17. The van der Waals surface area contributed by atoms with Crippen LogP contribution in [0.3, 0.4) is 0 Å². The zero-order chi connectivity index (χ0) is 13.9. The minimum Gasteiger partial charge on any atom is -0.392 e. The van der Waals surface area contributed by atoms with Gasteiger partial charge in [0.2, 0.25) is 10.0 Å². The third-order valence-electron chi connectivity index (χ3n) is 2.79. The topological polar surface area (TPSA) is 90.7 Å². The van der Waals surface area contributed by atoms with Crippen LogP contribution in [-0.2, 0) is 10.0 Å². The highest BCUT2D eigenvalue weighted by Gasteiger charge is 2.31. The second-order valence-electron chi connectivity index (χ2n) is 4.17. The van der Waals surface area contributed by atoms with Gasteiger partial charge in [-0.05, 0) is 12.5 Å². The molecule has 1 unspecified atom stereocenters. The van der Waals surface area contributed by atoms with E-state index >= 15 is 0 Å². The normalized spacial score (nSPS) is 20.0. The number of sulfonamides is 1. The Labute approximate surface area is 111 Å². The van der Waals surface area contributed by atoms with Crippen molar-refractivity contribution < 1.29 is 18.6 Å². The Balaban J connectivity index is 2.30. The van der Waals surface area contributed by atoms with Gasteiger partial charge in [-0.15, -0.1) is 0 Å². The maximum Gasteiger partial charge on any atom is 0.244 e. The molecule has 1 aromatic rings. The average Bonchev–Trinajstić information content (AvgIpc) is 2.84. The monoisotopic (exact) mass is 282 g/mol. The number of aromatic nitrogens is 1. The summed E-state index contributed by atoms with van der Waals surface area (Å²) in [7, 11) is -3.64. The van der Waals surface area contributed by atoms with E-state index in [1.807, 2.05) is 0 Å². The number of hydrogen-bond donors (Lipinski definition) is 2. The second kappa shape index (κ2) is 5.67. The van der Waals surface area contributed by atoms with Crippen LogP contribution in [0.25, 0.3) is 0 Å². The summed E-state index contributed by atoms with van der Waals surface area (Å²) in [4.78, 5) is 3.89. The van der Waals surface area contributed by atoms with E-state index in [1.165, 1.54) is 22.8 Å².